The predicted octanol–water partition coefficient (Wildman–Crippen LogP) is 2.70. The van der Waals surface area contributed by atoms with Gasteiger partial charge in [0.25, 0.3) is 0 Å². The van der Waals surface area contributed by atoms with Crippen molar-refractivity contribution in [2.45, 2.75) is 19.9 Å². The van der Waals surface area contributed by atoms with Crippen LogP contribution < -0.4 is 10.6 Å². The zero-order valence-electron chi connectivity index (χ0n) is 10.5. The molecule has 1 aromatic rings. The van der Waals surface area contributed by atoms with Gasteiger partial charge in [0.1, 0.15) is 0 Å². The molecule has 1 aliphatic rings. The smallest absolute Gasteiger partial charge is 0.338 e. The number of carbonyl (C=O) groups excluding carboxylic acids is 2. The first-order chi connectivity index (χ1) is 9.02. The van der Waals surface area contributed by atoms with E-state index >= 15 is 0 Å². The van der Waals surface area contributed by atoms with E-state index in [1.807, 2.05) is 12.1 Å². The molecule has 1 aromatic heterocycles. The minimum absolute atomic E-state index is 0.296. The molecule has 0 saturated heterocycles. The first-order valence-corrected chi connectivity index (χ1v) is 7.34. The van der Waals surface area contributed by atoms with E-state index < -0.39 is 12.0 Å². The van der Waals surface area contributed by atoms with Crippen molar-refractivity contribution >= 4 is 39.3 Å². The topological polar surface area (TPSA) is 67.4 Å². The van der Waals surface area contributed by atoms with Gasteiger partial charge >= 0.3 is 12.0 Å². The Hall–Kier alpha value is -1.34. The summed E-state index contributed by atoms with van der Waals surface area (Å²) in [4.78, 5) is 24.5. The minimum Gasteiger partial charge on any atom is -0.463 e. The molecular formula is C12H13BrN2O3S. The second-order valence-corrected chi connectivity index (χ2v) is 6.43. The van der Waals surface area contributed by atoms with E-state index in [0.717, 1.165) is 8.66 Å². The number of urea groups is 1. The number of amides is 2. The van der Waals surface area contributed by atoms with Gasteiger partial charge in [-0.05, 0) is 41.9 Å². The van der Waals surface area contributed by atoms with Crippen LogP contribution in [0.1, 0.15) is 24.8 Å². The molecule has 1 atom stereocenters. The number of hydrogen-bond acceptors (Lipinski definition) is 4. The van der Waals surface area contributed by atoms with Crippen LogP contribution in [0.25, 0.3) is 0 Å². The largest absolute Gasteiger partial charge is 0.463 e. The lowest BCUT2D eigenvalue weighted by Gasteiger charge is -2.26. The second kappa shape index (κ2) is 5.75. The number of allylic oxidation sites excluding steroid dienone is 1. The molecule has 102 valence electrons. The van der Waals surface area contributed by atoms with Crippen LogP contribution in [0.2, 0.25) is 0 Å². The highest BCUT2D eigenvalue weighted by Crippen LogP contribution is 2.34. The number of nitrogens with one attached hydrogen (secondary N) is 2. The summed E-state index contributed by atoms with van der Waals surface area (Å²) in [5.74, 6) is -0.415. The van der Waals surface area contributed by atoms with E-state index in [-0.39, 0.29) is 6.03 Å². The molecule has 19 heavy (non-hydrogen) atoms. The Morgan fingerprint density at radius 1 is 1.53 bits per heavy atom. The van der Waals surface area contributed by atoms with Crippen LogP contribution in [0.4, 0.5) is 4.79 Å². The second-order valence-electron chi connectivity index (χ2n) is 3.93. The number of hydrogen-bond donors (Lipinski definition) is 2. The molecule has 7 heteroatoms. The monoisotopic (exact) mass is 344 g/mol. The summed E-state index contributed by atoms with van der Waals surface area (Å²) in [5.41, 5.74) is 0.965. The minimum atomic E-state index is -0.468. The predicted molar refractivity (Wildman–Crippen MR) is 75.8 cm³/mol. The van der Waals surface area contributed by atoms with Gasteiger partial charge in [-0.25, -0.2) is 9.59 Å². The third-order valence-corrected chi connectivity index (χ3v) is 4.33. The lowest BCUT2D eigenvalue weighted by molar-refractivity contribution is -0.139. The highest BCUT2D eigenvalue weighted by molar-refractivity contribution is 9.11. The summed E-state index contributed by atoms with van der Waals surface area (Å²) in [6.45, 7) is 3.74. The Morgan fingerprint density at radius 2 is 2.26 bits per heavy atom. The van der Waals surface area contributed by atoms with E-state index in [4.69, 9.17) is 4.74 Å². The summed E-state index contributed by atoms with van der Waals surface area (Å²) < 4.78 is 5.99. The molecule has 0 unspecified atom stereocenters. The number of thiophene rings is 1. The molecule has 0 aromatic carbocycles. The van der Waals surface area contributed by atoms with Gasteiger partial charge in [-0.1, -0.05) is 0 Å². The molecule has 0 aliphatic carbocycles. The maximum atomic E-state index is 12.0. The van der Waals surface area contributed by atoms with Crippen molar-refractivity contribution in [3.8, 4) is 0 Å². The van der Waals surface area contributed by atoms with Crippen LogP contribution in [0.15, 0.2) is 27.2 Å². The number of carbonyl (C=O) groups is 2. The van der Waals surface area contributed by atoms with Gasteiger partial charge in [-0.2, -0.15) is 0 Å². The maximum Gasteiger partial charge on any atom is 0.338 e. The fraction of sp³-hybridized carbons (Fsp3) is 0.333. The van der Waals surface area contributed by atoms with Crippen LogP contribution in [-0.4, -0.2) is 18.6 Å². The molecule has 2 amide bonds. The van der Waals surface area contributed by atoms with Crippen molar-refractivity contribution in [2.24, 2.45) is 0 Å². The van der Waals surface area contributed by atoms with Gasteiger partial charge in [0, 0.05) is 10.6 Å². The summed E-state index contributed by atoms with van der Waals surface area (Å²) in [6.07, 6.45) is 0. The lowest BCUT2D eigenvalue weighted by atomic mass is 10.0. The molecule has 2 heterocycles. The van der Waals surface area contributed by atoms with Gasteiger partial charge in [-0.15, -0.1) is 11.3 Å². The van der Waals surface area contributed by atoms with E-state index in [2.05, 4.69) is 26.6 Å². The summed E-state index contributed by atoms with van der Waals surface area (Å²) in [7, 11) is 0. The van der Waals surface area contributed by atoms with Crippen LogP contribution in [0.3, 0.4) is 0 Å². The third kappa shape index (κ3) is 2.98. The Bertz CT molecular complexity index is 553. The highest BCUT2D eigenvalue weighted by atomic mass is 79.9. The normalized spacial score (nSPS) is 18.9. The third-order valence-electron chi connectivity index (χ3n) is 2.64. The molecule has 1 aliphatic heterocycles. The van der Waals surface area contributed by atoms with Crippen LogP contribution in [0.5, 0.6) is 0 Å². The Kier molecular flexibility index (Phi) is 4.26. The standard InChI is InChI=1S/C12H13BrN2O3S/c1-3-18-11(16)9-6(2)14-12(17)15-10(9)7-4-5-8(13)19-7/h4-5,10H,3H2,1-2H3,(H2,14,15,17)/t10-/m1/s1. The van der Waals surface area contributed by atoms with Crippen molar-refractivity contribution < 1.29 is 14.3 Å². The fourth-order valence-corrected chi connectivity index (χ4v) is 3.35. The van der Waals surface area contributed by atoms with E-state index in [1.165, 1.54) is 11.3 Å². The molecule has 0 fully saturated rings. The van der Waals surface area contributed by atoms with E-state index in [9.17, 15) is 9.59 Å². The van der Waals surface area contributed by atoms with E-state index in [1.54, 1.807) is 13.8 Å². The maximum absolute atomic E-state index is 12.0. The SMILES string of the molecule is CCOC(=O)C1=C(C)NC(=O)N[C@@H]1c1ccc(Br)s1. The van der Waals surface area contributed by atoms with Crippen molar-refractivity contribution in [2.75, 3.05) is 6.61 Å². The van der Waals surface area contributed by atoms with Crippen molar-refractivity contribution in [1.29, 1.82) is 0 Å². The van der Waals surface area contributed by atoms with Crippen molar-refractivity contribution in [1.82, 2.24) is 10.6 Å². The van der Waals surface area contributed by atoms with Gasteiger partial charge in [0.05, 0.1) is 22.0 Å². The van der Waals surface area contributed by atoms with Gasteiger partial charge in [0.15, 0.2) is 0 Å². The fourth-order valence-electron chi connectivity index (χ4n) is 1.87. The highest BCUT2D eigenvalue weighted by Gasteiger charge is 2.32. The number of ether oxygens (including phenoxy) is 1. The van der Waals surface area contributed by atoms with Crippen molar-refractivity contribution in [3.05, 3.63) is 32.1 Å². The number of esters is 1. The number of rotatable bonds is 3. The first-order valence-electron chi connectivity index (χ1n) is 5.73. The summed E-state index contributed by atoms with van der Waals surface area (Å²) >= 11 is 4.84. The van der Waals surface area contributed by atoms with E-state index in [0.29, 0.717) is 17.9 Å². The Morgan fingerprint density at radius 3 is 2.84 bits per heavy atom. The van der Waals surface area contributed by atoms with Gasteiger partial charge < -0.3 is 15.4 Å². The summed E-state index contributed by atoms with van der Waals surface area (Å²) in [6, 6.07) is 2.97. The van der Waals surface area contributed by atoms with Crippen LogP contribution >= 0.6 is 27.3 Å². The molecule has 2 rings (SSSR count). The zero-order chi connectivity index (χ0) is 14.0. The quantitative estimate of drug-likeness (QED) is 0.828. The Balaban J connectivity index is 2.40. The van der Waals surface area contributed by atoms with Crippen LogP contribution in [-0.2, 0) is 9.53 Å². The zero-order valence-corrected chi connectivity index (χ0v) is 12.9. The summed E-state index contributed by atoms with van der Waals surface area (Å²) in [5, 5.41) is 5.34. The van der Waals surface area contributed by atoms with Crippen LogP contribution in [0, 0.1) is 0 Å². The average molecular weight is 345 g/mol. The molecule has 2 N–H and O–H groups in total. The number of halogens is 1. The molecule has 5 nitrogen and oxygen atoms in total. The van der Waals surface area contributed by atoms with Gasteiger partial charge in [0.2, 0.25) is 0 Å². The average Bonchev–Trinajstić information content (AvgIpc) is 2.75. The molecule has 0 spiro atoms. The first kappa shape index (κ1) is 14.1. The molecule has 0 saturated carbocycles. The van der Waals surface area contributed by atoms with Crippen molar-refractivity contribution in [3.63, 3.8) is 0 Å². The van der Waals surface area contributed by atoms with Gasteiger partial charge in [-0.3, -0.25) is 0 Å². The Labute approximate surface area is 123 Å². The lowest BCUT2D eigenvalue weighted by Crippen LogP contribution is -2.45. The molecule has 0 radical (unpaired) electrons. The molecular weight excluding hydrogens is 332 g/mol. The molecule has 0 bridgehead atoms.